The molecule has 1 aromatic heterocycles. The Kier molecular flexibility index (Phi) is 9.82. The molecule has 1 atom stereocenters. The van der Waals surface area contributed by atoms with Crippen LogP contribution < -0.4 is 10.6 Å². The first-order valence-corrected chi connectivity index (χ1v) is 12.5. The molecule has 1 unspecified atom stereocenters. The summed E-state index contributed by atoms with van der Waals surface area (Å²) in [6.45, 7) is 2.25. The minimum Gasteiger partial charge on any atom is -0.355 e. The molecule has 2 aliphatic rings. The summed E-state index contributed by atoms with van der Waals surface area (Å²) >= 11 is 1.22. The first kappa shape index (κ1) is 25.3. The smallest absolute Gasteiger partial charge is 0.252 e. The van der Waals surface area contributed by atoms with Crippen molar-refractivity contribution in [3.63, 3.8) is 0 Å². The van der Waals surface area contributed by atoms with Crippen LogP contribution in [0.5, 0.6) is 0 Å². The van der Waals surface area contributed by atoms with Gasteiger partial charge in [-0.3, -0.25) is 9.79 Å². The van der Waals surface area contributed by atoms with Gasteiger partial charge >= 0.3 is 0 Å². The van der Waals surface area contributed by atoms with E-state index in [2.05, 4.69) is 15.6 Å². The molecule has 1 aromatic rings. The molecule has 2 heterocycles. The molecule has 8 nitrogen and oxygen atoms in total. The van der Waals surface area contributed by atoms with Crippen LogP contribution >= 0.6 is 35.3 Å². The SMILES string of the molecule is CN=C(NCCN(C)S(=O)(=O)c1cccs1)NC1CCN(C(=O)C2CCCC2)C1.I. The van der Waals surface area contributed by atoms with Crippen molar-refractivity contribution in [2.45, 2.75) is 42.4 Å². The highest BCUT2D eigenvalue weighted by atomic mass is 127. The van der Waals surface area contributed by atoms with Gasteiger partial charge in [-0.1, -0.05) is 18.9 Å². The summed E-state index contributed by atoms with van der Waals surface area (Å²) in [7, 11) is -0.168. The van der Waals surface area contributed by atoms with Gasteiger partial charge in [0.1, 0.15) is 4.21 Å². The molecular formula is C19H32IN5O3S2. The van der Waals surface area contributed by atoms with Crippen LogP contribution in [0.1, 0.15) is 32.1 Å². The van der Waals surface area contributed by atoms with Crippen LogP contribution in [0.4, 0.5) is 0 Å². The lowest BCUT2D eigenvalue weighted by Crippen LogP contribution is -2.47. The Morgan fingerprint density at radius 3 is 2.70 bits per heavy atom. The van der Waals surface area contributed by atoms with E-state index >= 15 is 0 Å². The van der Waals surface area contributed by atoms with Crippen LogP contribution in [0.3, 0.4) is 0 Å². The summed E-state index contributed by atoms with van der Waals surface area (Å²) in [5, 5.41) is 8.29. The standard InChI is InChI=1S/C19H31N5O3S2.HI/c1-20-19(21-10-12-23(2)29(26,27)17-8-5-13-28-17)22-16-9-11-24(14-16)18(25)15-6-3-4-7-15;/h5,8,13,15-16H,3-4,6-7,9-12,14H2,1-2H3,(H2,20,21,22);1H. The molecule has 2 fully saturated rings. The van der Waals surface area contributed by atoms with Gasteiger partial charge in [-0.15, -0.1) is 35.3 Å². The summed E-state index contributed by atoms with van der Waals surface area (Å²) in [6, 6.07) is 3.51. The molecule has 170 valence electrons. The van der Waals surface area contributed by atoms with Gasteiger partial charge in [0.2, 0.25) is 5.91 Å². The van der Waals surface area contributed by atoms with E-state index in [1.807, 2.05) is 4.90 Å². The number of amides is 1. The Hall–Kier alpha value is -0.920. The second-order valence-corrected chi connectivity index (χ2v) is 10.9. The monoisotopic (exact) mass is 569 g/mol. The predicted octanol–water partition coefficient (Wildman–Crippen LogP) is 1.94. The van der Waals surface area contributed by atoms with Crippen LogP contribution in [0.15, 0.2) is 26.7 Å². The number of thiophene rings is 1. The first-order valence-electron chi connectivity index (χ1n) is 10.2. The molecule has 1 aliphatic heterocycles. The van der Waals surface area contributed by atoms with Crippen LogP contribution in [0, 0.1) is 5.92 Å². The molecule has 30 heavy (non-hydrogen) atoms. The van der Waals surface area contributed by atoms with Gasteiger partial charge in [-0.25, -0.2) is 8.42 Å². The van der Waals surface area contributed by atoms with Crippen LogP contribution in [-0.2, 0) is 14.8 Å². The van der Waals surface area contributed by atoms with Crippen molar-refractivity contribution in [3.8, 4) is 0 Å². The number of aliphatic imine (C=N–C) groups is 1. The number of nitrogens with zero attached hydrogens (tertiary/aromatic N) is 3. The van der Waals surface area contributed by atoms with E-state index in [0.717, 1.165) is 25.8 Å². The van der Waals surface area contributed by atoms with E-state index < -0.39 is 10.0 Å². The molecule has 0 radical (unpaired) electrons. The summed E-state index contributed by atoms with van der Waals surface area (Å²) in [6.07, 6.45) is 5.28. The molecule has 0 bridgehead atoms. The van der Waals surface area contributed by atoms with E-state index in [4.69, 9.17) is 0 Å². The third-order valence-electron chi connectivity index (χ3n) is 5.65. The number of hydrogen-bond acceptors (Lipinski definition) is 5. The van der Waals surface area contributed by atoms with Crippen LogP contribution in [-0.4, -0.2) is 75.8 Å². The molecule has 0 spiro atoms. The highest BCUT2D eigenvalue weighted by molar-refractivity contribution is 14.0. The number of rotatable bonds is 7. The number of likely N-dealkylation sites (N-methyl/N-ethyl adjacent to an activating group) is 1. The van der Waals surface area contributed by atoms with E-state index in [1.54, 1.807) is 31.6 Å². The fourth-order valence-corrected chi connectivity index (χ4v) is 6.29. The van der Waals surface area contributed by atoms with Gasteiger partial charge in [0.25, 0.3) is 10.0 Å². The average Bonchev–Trinajstić information content (AvgIpc) is 3.49. The van der Waals surface area contributed by atoms with E-state index in [0.29, 0.717) is 35.7 Å². The van der Waals surface area contributed by atoms with Crippen molar-refractivity contribution in [2.24, 2.45) is 10.9 Å². The van der Waals surface area contributed by atoms with Crippen LogP contribution in [0.2, 0.25) is 0 Å². The summed E-state index contributed by atoms with van der Waals surface area (Å²) in [4.78, 5) is 18.8. The summed E-state index contributed by atoms with van der Waals surface area (Å²) in [5.74, 6) is 1.15. The first-order chi connectivity index (χ1) is 13.9. The second kappa shape index (κ2) is 11.6. The number of nitrogens with one attached hydrogen (secondary N) is 2. The largest absolute Gasteiger partial charge is 0.355 e. The highest BCUT2D eigenvalue weighted by Gasteiger charge is 2.32. The maximum absolute atomic E-state index is 12.6. The number of carbonyl (C=O) groups is 1. The van der Waals surface area contributed by atoms with Gasteiger partial charge in [0.15, 0.2) is 5.96 Å². The molecule has 1 amide bonds. The van der Waals surface area contributed by atoms with Gasteiger partial charge in [0, 0.05) is 52.2 Å². The number of hydrogen-bond donors (Lipinski definition) is 2. The topological polar surface area (TPSA) is 94.1 Å². The molecule has 0 aromatic carbocycles. The lowest BCUT2D eigenvalue weighted by molar-refractivity contribution is -0.134. The minimum atomic E-state index is -3.44. The molecule has 1 saturated carbocycles. The maximum atomic E-state index is 12.6. The molecular weight excluding hydrogens is 537 g/mol. The van der Waals surface area contributed by atoms with Crippen molar-refractivity contribution >= 4 is 57.2 Å². The third-order valence-corrected chi connectivity index (χ3v) is 8.88. The number of likely N-dealkylation sites (tertiary alicyclic amines) is 1. The number of guanidine groups is 1. The van der Waals surface area contributed by atoms with E-state index in [9.17, 15) is 13.2 Å². The normalized spacial score (nSPS) is 20.4. The van der Waals surface area contributed by atoms with Gasteiger partial charge < -0.3 is 15.5 Å². The number of carbonyl (C=O) groups excluding carboxylic acids is 1. The lowest BCUT2D eigenvalue weighted by atomic mass is 10.1. The van der Waals surface area contributed by atoms with Crippen molar-refractivity contribution in [1.82, 2.24) is 19.8 Å². The zero-order chi connectivity index (χ0) is 20.9. The maximum Gasteiger partial charge on any atom is 0.252 e. The zero-order valence-corrected chi connectivity index (χ0v) is 21.5. The minimum absolute atomic E-state index is 0. The molecule has 11 heteroatoms. The summed E-state index contributed by atoms with van der Waals surface area (Å²) in [5.41, 5.74) is 0. The highest BCUT2D eigenvalue weighted by Crippen LogP contribution is 2.27. The van der Waals surface area contributed by atoms with Crippen molar-refractivity contribution in [2.75, 3.05) is 40.3 Å². The lowest BCUT2D eigenvalue weighted by Gasteiger charge is -2.22. The van der Waals surface area contributed by atoms with Gasteiger partial charge in [0.05, 0.1) is 0 Å². The Morgan fingerprint density at radius 2 is 2.07 bits per heavy atom. The Labute approximate surface area is 200 Å². The quantitative estimate of drug-likeness (QED) is 0.298. The predicted molar refractivity (Wildman–Crippen MR) is 131 cm³/mol. The molecule has 1 aliphatic carbocycles. The van der Waals surface area contributed by atoms with Gasteiger partial charge in [-0.05, 0) is 30.7 Å². The average molecular weight is 570 g/mol. The summed E-state index contributed by atoms with van der Waals surface area (Å²) < 4.78 is 26.6. The van der Waals surface area contributed by atoms with Crippen molar-refractivity contribution < 1.29 is 13.2 Å². The van der Waals surface area contributed by atoms with Crippen LogP contribution in [0.25, 0.3) is 0 Å². The van der Waals surface area contributed by atoms with E-state index in [-0.39, 0.29) is 35.9 Å². The second-order valence-electron chi connectivity index (χ2n) is 7.65. The Bertz CT molecular complexity index is 810. The fourth-order valence-electron chi connectivity index (χ4n) is 3.91. The van der Waals surface area contributed by atoms with E-state index in [1.165, 1.54) is 28.5 Å². The third kappa shape index (κ3) is 6.30. The zero-order valence-electron chi connectivity index (χ0n) is 17.5. The van der Waals surface area contributed by atoms with Crippen molar-refractivity contribution in [3.05, 3.63) is 17.5 Å². The Morgan fingerprint density at radius 1 is 1.33 bits per heavy atom. The molecule has 2 N–H and O–H groups in total. The van der Waals surface area contributed by atoms with Crippen molar-refractivity contribution in [1.29, 1.82) is 0 Å². The fraction of sp³-hybridized carbons (Fsp3) is 0.684. The molecule has 3 rings (SSSR count). The van der Waals surface area contributed by atoms with Gasteiger partial charge in [-0.2, -0.15) is 4.31 Å². The number of halogens is 1. The number of sulfonamides is 1. The Balaban J connectivity index is 0.00000320. The molecule has 1 saturated heterocycles.